The van der Waals surface area contributed by atoms with Crippen LogP contribution in [0, 0.1) is 6.92 Å². The van der Waals surface area contributed by atoms with Crippen molar-refractivity contribution >= 4 is 17.6 Å². The molecule has 134 valence electrons. The number of hydrogen-bond donors (Lipinski definition) is 0. The van der Waals surface area contributed by atoms with Crippen molar-refractivity contribution in [2.75, 3.05) is 6.61 Å². The van der Waals surface area contributed by atoms with Gasteiger partial charge in [-0.2, -0.15) is 0 Å². The van der Waals surface area contributed by atoms with E-state index in [9.17, 15) is 4.79 Å². The van der Waals surface area contributed by atoms with Crippen molar-refractivity contribution in [2.45, 2.75) is 20.0 Å². The predicted octanol–water partition coefficient (Wildman–Crippen LogP) is 4.38. The van der Waals surface area contributed by atoms with Crippen molar-refractivity contribution in [1.82, 2.24) is 10.2 Å². The molecule has 1 aromatic heterocycles. The second kappa shape index (κ2) is 8.01. The normalized spacial score (nSPS) is 11.8. The number of aryl methyl sites for hydroxylation is 1. The van der Waals surface area contributed by atoms with Gasteiger partial charge in [0.1, 0.15) is 5.75 Å². The molecular formula is C19H17ClN2O4. The summed E-state index contributed by atoms with van der Waals surface area (Å²) in [6, 6.07) is 14.5. The van der Waals surface area contributed by atoms with Gasteiger partial charge in [0.15, 0.2) is 12.7 Å². The Morgan fingerprint density at radius 2 is 1.96 bits per heavy atom. The van der Waals surface area contributed by atoms with E-state index in [1.165, 1.54) is 0 Å². The molecule has 0 spiro atoms. The first-order valence-electron chi connectivity index (χ1n) is 8.00. The number of benzene rings is 2. The molecule has 0 bridgehead atoms. The van der Waals surface area contributed by atoms with Gasteiger partial charge in [-0.15, -0.1) is 10.2 Å². The van der Waals surface area contributed by atoms with E-state index in [1.54, 1.807) is 25.1 Å². The zero-order valence-electron chi connectivity index (χ0n) is 14.3. The molecule has 0 unspecified atom stereocenters. The van der Waals surface area contributed by atoms with E-state index in [2.05, 4.69) is 10.2 Å². The van der Waals surface area contributed by atoms with Crippen LogP contribution in [0.1, 0.15) is 24.5 Å². The molecule has 0 aliphatic carbocycles. The third kappa shape index (κ3) is 4.40. The van der Waals surface area contributed by atoms with Gasteiger partial charge in [-0.25, -0.2) is 4.79 Å². The zero-order valence-corrected chi connectivity index (χ0v) is 15.1. The average molecular weight is 373 g/mol. The lowest BCUT2D eigenvalue weighted by atomic mass is 10.2. The molecule has 6 nitrogen and oxygen atoms in total. The van der Waals surface area contributed by atoms with E-state index >= 15 is 0 Å². The van der Waals surface area contributed by atoms with Crippen molar-refractivity contribution in [3.63, 3.8) is 0 Å². The summed E-state index contributed by atoms with van der Waals surface area (Å²) in [5.41, 5.74) is 1.66. The molecule has 0 N–H and O–H groups in total. The largest absolute Gasteiger partial charge is 0.482 e. The quantitative estimate of drug-likeness (QED) is 0.598. The fourth-order valence-electron chi connectivity index (χ4n) is 2.23. The highest BCUT2D eigenvalue weighted by Crippen LogP contribution is 2.23. The molecule has 2 aromatic carbocycles. The van der Waals surface area contributed by atoms with Gasteiger partial charge in [0.25, 0.3) is 5.89 Å². The Labute approximate surface area is 155 Å². The molecule has 0 aliphatic heterocycles. The summed E-state index contributed by atoms with van der Waals surface area (Å²) in [6.45, 7) is 3.28. The number of carbonyl (C=O) groups is 1. The molecule has 0 aliphatic rings. The highest BCUT2D eigenvalue weighted by molar-refractivity contribution is 6.31. The van der Waals surface area contributed by atoms with Crippen molar-refractivity contribution in [1.29, 1.82) is 0 Å². The summed E-state index contributed by atoms with van der Waals surface area (Å²) >= 11 is 5.96. The minimum absolute atomic E-state index is 0.222. The summed E-state index contributed by atoms with van der Waals surface area (Å²) in [7, 11) is 0. The maximum Gasteiger partial charge on any atom is 0.344 e. The van der Waals surface area contributed by atoms with Gasteiger partial charge in [-0.1, -0.05) is 29.8 Å². The van der Waals surface area contributed by atoms with Crippen LogP contribution in [0.25, 0.3) is 11.5 Å². The van der Waals surface area contributed by atoms with Crippen molar-refractivity contribution in [3.05, 3.63) is 65.0 Å². The zero-order chi connectivity index (χ0) is 18.5. The van der Waals surface area contributed by atoms with Crippen molar-refractivity contribution < 1.29 is 18.7 Å². The van der Waals surface area contributed by atoms with Gasteiger partial charge in [-0.3, -0.25) is 0 Å². The number of nitrogens with zero attached hydrogens (tertiary/aromatic N) is 2. The van der Waals surface area contributed by atoms with E-state index in [-0.39, 0.29) is 12.5 Å². The number of ether oxygens (including phenoxy) is 2. The fraction of sp³-hybridized carbons (Fsp3) is 0.211. The Morgan fingerprint density at radius 3 is 2.69 bits per heavy atom. The van der Waals surface area contributed by atoms with Gasteiger partial charge < -0.3 is 13.9 Å². The number of rotatable bonds is 6. The van der Waals surface area contributed by atoms with Crippen LogP contribution < -0.4 is 4.74 Å². The van der Waals surface area contributed by atoms with Crippen LogP contribution in [0.3, 0.4) is 0 Å². The molecule has 0 saturated heterocycles. The third-order valence-corrected chi connectivity index (χ3v) is 4.03. The molecule has 1 heterocycles. The highest BCUT2D eigenvalue weighted by Gasteiger charge is 2.19. The second-order valence-electron chi connectivity index (χ2n) is 5.64. The lowest BCUT2D eigenvalue weighted by molar-refractivity contribution is -0.152. The maximum atomic E-state index is 12.0. The van der Waals surface area contributed by atoms with E-state index in [0.717, 1.165) is 11.1 Å². The van der Waals surface area contributed by atoms with Crippen LogP contribution in [0.15, 0.2) is 52.9 Å². The summed E-state index contributed by atoms with van der Waals surface area (Å²) in [5.74, 6) is 0.598. The van der Waals surface area contributed by atoms with E-state index in [0.29, 0.717) is 16.7 Å². The van der Waals surface area contributed by atoms with Crippen LogP contribution >= 0.6 is 11.6 Å². The second-order valence-corrected chi connectivity index (χ2v) is 6.05. The molecule has 0 radical (unpaired) electrons. The van der Waals surface area contributed by atoms with E-state index in [4.69, 9.17) is 25.5 Å². The lowest BCUT2D eigenvalue weighted by Gasteiger charge is -2.11. The Bertz CT molecular complexity index is 896. The van der Waals surface area contributed by atoms with E-state index < -0.39 is 12.1 Å². The van der Waals surface area contributed by atoms with Gasteiger partial charge in [0, 0.05) is 10.6 Å². The Kier molecular flexibility index (Phi) is 5.53. The van der Waals surface area contributed by atoms with Crippen LogP contribution in [0.2, 0.25) is 5.02 Å². The predicted molar refractivity (Wildman–Crippen MR) is 95.9 cm³/mol. The molecule has 7 heteroatoms. The van der Waals surface area contributed by atoms with Gasteiger partial charge in [-0.05, 0) is 49.7 Å². The molecule has 0 saturated carbocycles. The van der Waals surface area contributed by atoms with Crippen LogP contribution in [-0.2, 0) is 9.53 Å². The number of aromatic nitrogens is 2. The standard InChI is InChI=1S/C19H17ClN2O4/c1-12-10-15(8-9-16(12)20)24-11-17(23)25-13(2)18-21-22-19(26-18)14-6-4-3-5-7-14/h3-10,13H,11H2,1-2H3/t13-/m1/s1. The molecule has 3 rings (SSSR count). The maximum absolute atomic E-state index is 12.0. The highest BCUT2D eigenvalue weighted by atomic mass is 35.5. The van der Waals surface area contributed by atoms with Crippen LogP contribution in [0.5, 0.6) is 5.75 Å². The van der Waals surface area contributed by atoms with Crippen LogP contribution in [0.4, 0.5) is 0 Å². The monoisotopic (exact) mass is 372 g/mol. The lowest BCUT2D eigenvalue weighted by Crippen LogP contribution is -2.17. The van der Waals surface area contributed by atoms with Gasteiger partial charge in [0.2, 0.25) is 5.89 Å². The summed E-state index contributed by atoms with van der Waals surface area (Å²) in [5, 5.41) is 8.55. The van der Waals surface area contributed by atoms with Gasteiger partial charge >= 0.3 is 5.97 Å². The molecule has 26 heavy (non-hydrogen) atoms. The van der Waals surface area contributed by atoms with Crippen LogP contribution in [-0.4, -0.2) is 22.8 Å². The Morgan fingerprint density at radius 1 is 1.19 bits per heavy atom. The number of carbonyl (C=O) groups excluding carboxylic acids is 1. The minimum Gasteiger partial charge on any atom is -0.482 e. The summed E-state index contributed by atoms with van der Waals surface area (Å²) < 4.78 is 16.3. The van der Waals surface area contributed by atoms with Crippen molar-refractivity contribution in [3.8, 4) is 17.2 Å². The smallest absolute Gasteiger partial charge is 0.344 e. The molecule has 1 atom stereocenters. The molecule has 0 fully saturated rings. The fourth-order valence-corrected chi connectivity index (χ4v) is 2.34. The number of esters is 1. The van der Waals surface area contributed by atoms with Crippen molar-refractivity contribution in [2.24, 2.45) is 0 Å². The first-order chi connectivity index (χ1) is 12.5. The molecular weight excluding hydrogens is 356 g/mol. The summed E-state index contributed by atoms with van der Waals surface area (Å²) in [4.78, 5) is 12.0. The number of hydrogen-bond acceptors (Lipinski definition) is 6. The molecule has 0 amide bonds. The molecule has 3 aromatic rings. The SMILES string of the molecule is Cc1cc(OCC(=O)O[C@H](C)c2nnc(-c3ccccc3)o2)ccc1Cl. The Balaban J connectivity index is 1.56. The average Bonchev–Trinajstić information content (AvgIpc) is 3.14. The first kappa shape index (κ1) is 17.9. The first-order valence-corrected chi connectivity index (χ1v) is 8.38. The summed E-state index contributed by atoms with van der Waals surface area (Å²) in [6.07, 6.45) is -0.678. The topological polar surface area (TPSA) is 74.5 Å². The van der Waals surface area contributed by atoms with Gasteiger partial charge in [0.05, 0.1) is 0 Å². The van der Waals surface area contributed by atoms with E-state index in [1.807, 2.05) is 37.3 Å². The minimum atomic E-state index is -0.678. The Hall–Kier alpha value is -2.86. The third-order valence-electron chi connectivity index (χ3n) is 3.60. The number of halogens is 1.